The van der Waals surface area contributed by atoms with Crippen LogP contribution in [0.1, 0.15) is 17.3 Å². The van der Waals surface area contributed by atoms with Crippen LogP contribution in [0.4, 0.5) is 11.4 Å². The van der Waals surface area contributed by atoms with Gasteiger partial charge in [-0.15, -0.1) is 0 Å². The van der Waals surface area contributed by atoms with E-state index in [1.54, 1.807) is 32.2 Å². The molecule has 0 saturated carbocycles. The molecular formula is C13H14N4O4. The van der Waals surface area contributed by atoms with Crippen LogP contribution in [0.3, 0.4) is 0 Å². The number of aromatic nitrogens is 2. The first kappa shape index (κ1) is 14.5. The van der Waals surface area contributed by atoms with Gasteiger partial charge in [0.1, 0.15) is 11.4 Å². The number of nitrogens with one attached hydrogen (secondary N) is 1. The molecule has 1 aromatic heterocycles. The van der Waals surface area contributed by atoms with E-state index in [0.29, 0.717) is 5.69 Å². The van der Waals surface area contributed by atoms with Gasteiger partial charge in [0.25, 0.3) is 0 Å². The zero-order chi connectivity index (χ0) is 15.4. The van der Waals surface area contributed by atoms with Gasteiger partial charge in [0.2, 0.25) is 0 Å². The van der Waals surface area contributed by atoms with Crippen molar-refractivity contribution in [2.75, 3.05) is 19.0 Å². The second-order valence-corrected chi connectivity index (χ2v) is 4.07. The van der Waals surface area contributed by atoms with Crippen molar-refractivity contribution in [1.82, 2.24) is 9.78 Å². The van der Waals surface area contributed by atoms with Gasteiger partial charge in [-0.05, 0) is 19.1 Å². The third-order valence-corrected chi connectivity index (χ3v) is 2.81. The maximum atomic E-state index is 11.6. The number of anilines is 1. The number of hydrogen-bond acceptors (Lipinski definition) is 6. The Labute approximate surface area is 120 Å². The number of carbonyl (C=O) groups excluding carboxylic acids is 1. The van der Waals surface area contributed by atoms with Crippen molar-refractivity contribution in [2.24, 2.45) is 0 Å². The first-order valence-corrected chi connectivity index (χ1v) is 6.25. The lowest BCUT2D eigenvalue weighted by molar-refractivity contribution is -0.383. The van der Waals surface area contributed by atoms with E-state index in [4.69, 9.17) is 4.74 Å². The van der Waals surface area contributed by atoms with Gasteiger partial charge in [0, 0.05) is 13.2 Å². The van der Waals surface area contributed by atoms with Crippen LogP contribution in [-0.4, -0.2) is 34.3 Å². The first-order valence-electron chi connectivity index (χ1n) is 6.25. The fourth-order valence-electron chi connectivity index (χ4n) is 1.88. The minimum absolute atomic E-state index is 0.112. The number of nitro groups is 1. The third-order valence-electron chi connectivity index (χ3n) is 2.81. The predicted octanol–water partition coefficient (Wildman–Crippen LogP) is 2.00. The maximum absolute atomic E-state index is 11.6. The van der Waals surface area contributed by atoms with Crippen molar-refractivity contribution in [3.8, 4) is 5.69 Å². The van der Waals surface area contributed by atoms with Crippen LogP contribution in [-0.2, 0) is 4.74 Å². The molecule has 8 nitrogen and oxygen atoms in total. The number of carbonyl (C=O) groups is 1. The highest BCUT2D eigenvalue weighted by Gasteiger charge is 2.21. The second kappa shape index (κ2) is 6.04. The monoisotopic (exact) mass is 290 g/mol. The van der Waals surface area contributed by atoms with Crippen molar-refractivity contribution in [2.45, 2.75) is 6.92 Å². The fraction of sp³-hybridized carbons (Fsp3) is 0.231. The highest BCUT2D eigenvalue weighted by Crippen LogP contribution is 2.30. The SMILES string of the molecule is CCOC(=O)c1cnn(-c2cccc(NC)c2[N+](=O)[O-])c1. The number of benzene rings is 1. The van der Waals surface area contributed by atoms with E-state index < -0.39 is 10.9 Å². The summed E-state index contributed by atoms with van der Waals surface area (Å²) in [5.74, 6) is -0.517. The number of nitrogens with zero attached hydrogens (tertiary/aromatic N) is 3. The second-order valence-electron chi connectivity index (χ2n) is 4.07. The van der Waals surface area contributed by atoms with E-state index in [2.05, 4.69) is 10.4 Å². The third kappa shape index (κ3) is 2.83. The summed E-state index contributed by atoms with van der Waals surface area (Å²) in [5, 5.41) is 18.0. The Hall–Kier alpha value is -2.90. The Morgan fingerprint density at radius 2 is 2.29 bits per heavy atom. The lowest BCUT2D eigenvalue weighted by Gasteiger charge is -2.07. The quantitative estimate of drug-likeness (QED) is 0.513. The minimum Gasteiger partial charge on any atom is -0.462 e. The smallest absolute Gasteiger partial charge is 0.341 e. The van der Waals surface area contributed by atoms with Gasteiger partial charge >= 0.3 is 11.7 Å². The van der Waals surface area contributed by atoms with Gasteiger partial charge in [-0.1, -0.05) is 6.07 Å². The number of nitro benzene ring substituents is 1. The molecule has 0 bridgehead atoms. The molecule has 0 aliphatic carbocycles. The number of para-hydroxylation sites is 1. The Bertz CT molecular complexity index is 681. The molecule has 21 heavy (non-hydrogen) atoms. The van der Waals surface area contributed by atoms with Crippen molar-refractivity contribution in [1.29, 1.82) is 0 Å². The van der Waals surface area contributed by atoms with Crippen molar-refractivity contribution in [3.63, 3.8) is 0 Å². The Kier molecular flexibility index (Phi) is 4.17. The van der Waals surface area contributed by atoms with E-state index in [1.165, 1.54) is 17.1 Å². The van der Waals surface area contributed by atoms with Crippen LogP contribution in [0.2, 0.25) is 0 Å². The molecule has 0 fully saturated rings. The molecule has 110 valence electrons. The van der Waals surface area contributed by atoms with E-state index in [0.717, 1.165) is 0 Å². The molecule has 0 unspecified atom stereocenters. The van der Waals surface area contributed by atoms with Gasteiger partial charge in [-0.2, -0.15) is 5.10 Å². The topological polar surface area (TPSA) is 99.3 Å². The van der Waals surface area contributed by atoms with E-state index >= 15 is 0 Å². The summed E-state index contributed by atoms with van der Waals surface area (Å²) in [6.45, 7) is 1.95. The molecule has 2 rings (SSSR count). The lowest BCUT2D eigenvalue weighted by Crippen LogP contribution is -2.05. The van der Waals surface area contributed by atoms with E-state index in [1.807, 2.05) is 0 Å². The summed E-state index contributed by atoms with van der Waals surface area (Å²) in [4.78, 5) is 22.4. The van der Waals surface area contributed by atoms with Crippen LogP contribution in [0.5, 0.6) is 0 Å². The maximum Gasteiger partial charge on any atom is 0.341 e. The molecule has 0 atom stereocenters. The molecule has 2 aromatic rings. The van der Waals surface area contributed by atoms with Crippen LogP contribution in [0.25, 0.3) is 5.69 Å². The van der Waals surface area contributed by atoms with Gasteiger partial charge in [-0.3, -0.25) is 10.1 Å². The summed E-state index contributed by atoms with van der Waals surface area (Å²) in [5.41, 5.74) is 0.757. The molecule has 1 heterocycles. The highest BCUT2D eigenvalue weighted by molar-refractivity contribution is 5.89. The van der Waals surface area contributed by atoms with Crippen LogP contribution in [0.15, 0.2) is 30.6 Å². The summed E-state index contributed by atoms with van der Waals surface area (Å²) >= 11 is 0. The zero-order valence-corrected chi connectivity index (χ0v) is 11.6. The van der Waals surface area contributed by atoms with Crippen molar-refractivity contribution >= 4 is 17.3 Å². The number of esters is 1. The van der Waals surface area contributed by atoms with Gasteiger partial charge < -0.3 is 10.1 Å². The lowest BCUT2D eigenvalue weighted by atomic mass is 10.2. The van der Waals surface area contributed by atoms with Gasteiger partial charge in [0.15, 0.2) is 0 Å². The first-order chi connectivity index (χ1) is 10.1. The molecule has 0 spiro atoms. The number of hydrogen-bond donors (Lipinski definition) is 1. The molecule has 1 N–H and O–H groups in total. The Morgan fingerprint density at radius 3 is 2.90 bits per heavy atom. The van der Waals surface area contributed by atoms with Crippen LogP contribution < -0.4 is 5.32 Å². The average Bonchev–Trinajstić information content (AvgIpc) is 2.96. The summed E-state index contributed by atoms with van der Waals surface area (Å²) in [6, 6.07) is 4.82. The molecule has 8 heteroatoms. The molecule has 0 saturated heterocycles. The fourth-order valence-corrected chi connectivity index (χ4v) is 1.88. The molecule has 0 aliphatic rings. The van der Waals surface area contributed by atoms with E-state index in [-0.39, 0.29) is 23.5 Å². The minimum atomic E-state index is -0.517. The van der Waals surface area contributed by atoms with Crippen molar-refractivity contribution in [3.05, 3.63) is 46.3 Å². The predicted molar refractivity (Wildman–Crippen MR) is 75.7 cm³/mol. The number of rotatable bonds is 5. The van der Waals surface area contributed by atoms with Crippen LogP contribution >= 0.6 is 0 Å². The average molecular weight is 290 g/mol. The van der Waals surface area contributed by atoms with Crippen molar-refractivity contribution < 1.29 is 14.5 Å². The van der Waals surface area contributed by atoms with Crippen LogP contribution in [0, 0.1) is 10.1 Å². The Balaban J connectivity index is 2.48. The number of ether oxygens (including phenoxy) is 1. The van der Waals surface area contributed by atoms with Gasteiger partial charge in [0.05, 0.1) is 23.3 Å². The summed E-state index contributed by atoms with van der Waals surface area (Å²) < 4.78 is 6.14. The largest absolute Gasteiger partial charge is 0.462 e. The molecule has 1 aromatic carbocycles. The normalized spacial score (nSPS) is 10.2. The zero-order valence-electron chi connectivity index (χ0n) is 11.6. The van der Waals surface area contributed by atoms with Gasteiger partial charge in [-0.25, -0.2) is 9.48 Å². The standard InChI is InChI=1S/C13H14N4O4/c1-3-21-13(18)9-7-15-16(8-9)11-6-4-5-10(14-2)12(11)17(19)20/h4-8,14H,3H2,1-2H3. The molecular weight excluding hydrogens is 276 g/mol. The van der Waals surface area contributed by atoms with E-state index in [9.17, 15) is 14.9 Å². The molecule has 0 aliphatic heterocycles. The summed E-state index contributed by atoms with van der Waals surface area (Å²) in [7, 11) is 1.60. The highest BCUT2D eigenvalue weighted by atomic mass is 16.6. The molecule has 0 radical (unpaired) electrons. The Morgan fingerprint density at radius 1 is 1.52 bits per heavy atom. The molecule has 0 amide bonds. The summed E-state index contributed by atoms with van der Waals surface area (Å²) in [6.07, 6.45) is 2.72.